The average molecular weight is 910 g/mol. The number of carboxylic acid groups (broad SMARTS) is 1. The summed E-state index contributed by atoms with van der Waals surface area (Å²) in [6.45, 7) is 20.3. The average Bonchev–Trinajstić information content (AvgIpc) is 4.00. The fourth-order valence-corrected chi connectivity index (χ4v) is 12.4. The molecule has 0 saturated carbocycles. The van der Waals surface area contributed by atoms with Crippen LogP contribution in [0.1, 0.15) is 132 Å². The second-order valence-corrected chi connectivity index (χ2v) is 22.8. The van der Waals surface area contributed by atoms with Crippen molar-refractivity contribution in [1.82, 2.24) is 25.0 Å². The third kappa shape index (κ3) is 10.7. The number of thioether (sulfide) groups is 1. The monoisotopic (exact) mass is 910 g/mol. The van der Waals surface area contributed by atoms with Gasteiger partial charge in [0.2, 0.25) is 11.7 Å². The Balaban J connectivity index is 1.18. The van der Waals surface area contributed by atoms with E-state index < -0.39 is 59.3 Å². The van der Waals surface area contributed by atoms with Crippen LogP contribution in [0.3, 0.4) is 0 Å². The van der Waals surface area contributed by atoms with Crippen molar-refractivity contribution in [2.24, 2.45) is 28.6 Å². The first-order valence-corrected chi connectivity index (χ1v) is 24.7. The lowest BCUT2D eigenvalue weighted by molar-refractivity contribution is -0.165. The van der Waals surface area contributed by atoms with Gasteiger partial charge in [-0.1, -0.05) is 47.6 Å². The van der Waals surface area contributed by atoms with Crippen LogP contribution in [0, 0.1) is 28.6 Å². The molecule has 2 amide bonds. The maximum absolute atomic E-state index is 14.2. The summed E-state index contributed by atoms with van der Waals surface area (Å²) in [6, 6.07) is 2.53. The molecule has 1 aromatic heterocycles. The van der Waals surface area contributed by atoms with Gasteiger partial charge in [0.25, 0.3) is 5.91 Å². The van der Waals surface area contributed by atoms with Crippen LogP contribution < -0.4 is 5.32 Å². The van der Waals surface area contributed by atoms with Crippen molar-refractivity contribution in [2.45, 2.75) is 180 Å². The van der Waals surface area contributed by atoms with Gasteiger partial charge in [-0.2, -0.15) is 0 Å². The number of aryl methyl sites for hydroxylation is 1. The minimum atomic E-state index is -1.14. The number of hydrogen-bond acceptors (Lipinski definition) is 12. The minimum Gasteiger partial charge on any atom is -0.477 e. The number of amides is 2. The molecule has 14 nitrogen and oxygen atoms in total. The number of carboxylic acids is 1. The number of rotatable bonds is 20. The van der Waals surface area contributed by atoms with Crippen LogP contribution in [0.2, 0.25) is 0 Å². The van der Waals surface area contributed by atoms with Crippen LogP contribution in [0.15, 0.2) is 35.1 Å². The van der Waals surface area contributed by atoms with Crippen LogP contribution in [0.5, 0.6) is 0 Å². The molecule has 6 heterocycles. The summed E-state index contributed by atoms with van der Waals surface area (Å²) in [5.41, 5.74) is -0.442. The van der Waals surface area contributed by atoms with Gasteiger partial charge in [-0.15, -0.1) is 11.8 Å². The fraction of sp³-hybridized carbons (Fsp3) is 0.755. The molecule has 5 aliphatic rings. The topological polar surface area (TPSA) is 190 Å². The van der Waals surface area contributed by atoms with E-state index in [0.717, 1.165) is 50.8 Å². The van der Waals surface area contributed by atoms with E-state index in [-0.39, 0.29) is 51.7 Å². The highest BCUT2D eigenvalue weighted by molar-refractivity contribution is 8.03. The number of fused-ring (bicyclic) bond motifs is 1. The molecule has 356 valence electrons. The van der Waals surface area contributed by atoms with Crippen LogP contribution in [0.4, 0.5) is 0 Å². The zero-order chi connectivity index (χ0) is 46.9. The quantitative estimate of drug-likeness (QED) is 0.0721. The van der Waals surface area contributed by atoms with Gasteiger partial charge in [0.15, 0.2) is 0 Å². The standard InChI is InChI=1S/C49H75N5O9S/c1-10-48(6,7)42(57)44(59)52-23-12-11-15-35(52)46(62)63-33(17-16-31-14-13-21-50-26-31)25-47(4,5)19-20-49(8,9)53-28-34(24-36(53)40(56)32-18-22-51-27-32)64-41-29(2)38-37(30(3)55)43(58)54(38)39(41)45(60)61/h13-14,21,26,29-30,32-38,40,51,55-56H,10-12,15-20,22-25,27-28H2,1-9H3,(H,60,61)/t29-,30-,32-,33-,34+,35+,36+,37-,38-,40-/m1/s1. The number of nitrogens with zero attached hydrogens (tertiary/aromatic N) is 4. The number of ether oxygens (including phenoxy) is 1. The lowest BCUT2D eigenvalue weighted by Crippen LogP contribution is -2.63. The number of esters is 1. The molecule has 0 aliphatic carbocycles. The number of aromatic nitrogens is 1. The Labute approximate surface area is 384 Å². The molecule has 64 heavy (non-hydrogen) atoms. The summed E-state index contributed by atoms with van der Waals surface area (Å²) in [7, 11) is 0. The Hall–Kier alpha value is -3.37. The van der Waals surface area contributed by atoms with Crippen molar-refractivity contribution < 1.29 is 44.0 Å². The molecule has 10 atom stereocenters. The molecule has 0 spiro atoms. The second kappa shape index (κ2) is 20.2. The second-order valence-electron chi connectivity index (χ2n) is 21.4. The maximum atomic E-state index is 14.2. The van der Waals surface area contributed by atoms with Crippen molar-refractivity contribution in [3.8, 4) is 0 Å². The highest BCUT2D eigenvalue weighted by Gasteiger charge is 2.60. The Kier molecular flexibility index (Phi) is 15.8. The number of β-lactam (4-membered cyclic amide) rings is 1. The van der Waals surface area contributed by atoms with Gasteiger partial charge in [-0.25, -0.2) is 9.59 Å². The number of nitrogens with one attached hydrogen (secondary N) is 1. The SMILES string of the molecule is CCC(C)(C)C(=O)C(=O)N1CCCC[C@H]1C(=O)O[C@H](CCc1cccnc1)CC(C)(C)CCC(C)(C)N1C[C@@H](SC2=C(C(=O)O)N3C(=O)[C@H]([C@@H](C)O)[C@H]3[C@H]2C)C[C@H]1[C@H](O)[C@@H]1CCNC1. The van der Waals surface area contributed by atoms with E-state index in [9.17, 15) is 39.3 Å². The van der Waals surface area contributed by atoms with E-state index in [1.54, 1.807) is 27.0 Å². The lowest BCUT2D eigenvalue weighted by Gasteiger charge is -2.46. The van der Waals surface area contributed by atoms with Crippen LogP contribution >= 0.6 is 11.8 Å². The number of hydrogen-bond donors (Lipinski definition) is 4. The number of carbonyl (C=O) groups excluding carboxylic acids is 4. The molecule has 4 fully saturated rings. The lowest BCUT2D eigenvalue weighted by atomic mass is 9.77. The first-order valence-electron chi connectivity index (χ1n) is 23.8. The number of Topliss-reactive ketones (excluding diaryl/α,β-unsaturated/α-hetero) is 1. The van der Waals surface area contributed by atoms with E-state index in [2.05, 4.69) is 42.9 Å². The summed E-state index contributed by atoms with van der Waals surface area (Å²) >= 11 is 1.52. The highest BCUT2D eigenvalue weighted by Crippen LogP contribution is 2.53. The molecule has 4 saturated heterocycles. The number of carbonyl (C=O) groups is 5. The van der Waals surface area contributed by atoms with Crippen LogP contribution in [0.25, 0.3) is 0 Å². The number of aliphatic carboxylic acids is 1. The molecule has 0 radical (unpaired) electrons. The number of ketones is 1. The van der Waals surface area contributed by atoms with Gasteiger partial charge in [0.05, 0.1) is 24.2 Å². The largest absolute Gasteiger partial charge is 0.477 e. The third-order valence-corrected chi connectivity index (χ3v) is 16.8. The van der Waals surface area contributed by atoms with Gasteiger partial charge < -0.3 is 35.2 Å². The van der Waals surface area contributed by atoms with Gasteiger partial charge in [0.1, 0.15) is 17.8 Å². The van der Waals surface area contributed by atoms with E-state index in [1.165, 1.54) is 21.6 Å². The molecule has 15 heteroatoms. The predicted octanol–water partition coefficient (Wildman–Crippen LogP) is 5.59. The van der Waals surface area contributed by atoms with Crippen molar-refractivity contribution in [1.29, 1.82) is 0 Å². The predicted molar refractivity (Wildman–Crippen MR) is 246 cm³/mol. The van der Waals surface area contributed by atoms with Crippen LogP contribution in [-0.4, -0.2) is 138 Å². The molecule has 0 bridgehead atoms. The first kappa shape index (κ1) is 50.1. The van der Waals surface area contributed by atoms with Crippen molar-refractivity contribution in [2.75, 3.05) is 26.2 Å². The first-order chi connectivity index (χ1) is 30.1. The van der Waals surface area contributed by atoms with Gasteiger partial charge in [-0.3, -0.25) is 24.3 Å². The van der Waals surface area contributed by atoms with E-state index in [1.807, 2.05) is 32.2 Å². The Morgan fingerprint density at radius 3 is 2.42 bits per heavy atom. The summed E-state index contributed by atoms with van der Waals surface area (Å²) in [6.07, 6.45) is 8.95. The maximum Gasteiger partial charge on any atom is 0.353 e. The van der Waals surface area contributed by atoms with Crippen molar-refractivity contribution >= 4 is 41.3 Å². The molecular weight excluding hydrogens is 835 g/mol. The number of aliphatic hydroxyl groups excluding tert-OH is 2. The van der Waals surface area contributed by atoms with Gasteiger partial charge >= 0.3 is 11.9 Å². The van der Waals surface area contributed by atoms with Gasteiger partial charge in [0, 0.05) is 71.0 Å². The summed E-state index contributed by atoms with van der Waals surface area (Å²) in [4.78, 5) is 77.1. The minimum absolute atomic E-state index is 0.0245. The number of likely N-dealkylation sites (tertiary alicyclic amines) is 2. The van der Waals surface area contributed by atoms with Crippen molar-refractivity contribution in [3.63, 3.8) is 0 Å². The normalized spacial score (nSPS) is 28.2. The Morgan fingerprint density at radius 1 is 1.06 bits per heavy atom. The molecule has 4 N–H and O–H groups in total. The number of pyridine rings is 1. The van der Waals surface area contributed by atoms with E-state index in [0.29, 0.717) is 56.5 Å². The molecule has 6 rings (SSSR count). The highest BCUT2D eigenvalue weighted by atomic mass is 32.2. The van der Waals surface area contributed by atoms with Gasteiger partial charge in [-0.05, 0) is 115 Å². The third-order valence-electron chi connectivity index (χ3n) is 15.3. The van der Waals surface area contributed by atoms with E-state index in [4.69, 9.17) is 4.74 Å². The smallest absolute Gasteiger partial charge is 0.353 e. The summed E-state index contributed by atoms with van der Waals surface area (Å²) < 4.78 is 6.41. The van der Waals surface area contributed by atoms with E-state index >= 15 is 0 Å². The van der Waals surface area contributed by atoms with Crippen LogP contribution in [-0.2, 0) is 35.1 Å². The zero-order valence-corrected chi connectivity index (χ0v) is 40.5. The summed E-state index contributed by atoms with van der Waals surface area (Å²) in [5.74, 6) is -3.82. The fourth-order valence-electron chi connectivity index (χ4n) is 10.9. The molecular formula is C49H75N5O9S. The van der Waals surface area contributed by atoms with Crippen molar-refractivity contribution in [3.05, 3.63) is 40.7 Å². The molecule has 0 aromatic carbocycles. The molecule has 1 aromatic rings. The molecule has 5 aliphatic heterocycles. The Bertz CT molecular complexity index is 1900. The zero-order valence-electron chi connectivity index (χ0n) is 39.7. The number of aliphatic hydroxyl groups is 2. The Morgan fingerprint density at radius 2 is 1.80 bits per heavy atom. The molecule has 0 unspecified atom stereocenters. The summed E-state index contributed by atoms with van der Waals surface area (Å²) in [5, 5.41) is 36.2. The number of piperidine rings is 1.